The Morgan fingerprint density at radius 1 is 0.405 bits per heavy atom. The molecule has 0 saturated heterocycles. The average Bonchev–Trinajstić information content (AvgIpc) is 3.44. The molecule has 42 heavy (non-hydrogen) atoms. The molecule has 0 nitrogen and oxygen atoms in total. The number of rotatable bonds is 4. The van der Waals surface area contributed by atoms with Crippen LogP contribution in [0.2, 0.25) is 26.2 Å². The third-order valence-corrected chi connectivity index (χ3v) is 62.0. The van der Waals surface area contributed by atoms with Crippen molar-refractivity contribution in [3.63, 3.8) is 0 Å². The molecule has 0 bridgehead atoms. The van der Waals surface area contributed by atoms with Crippen LogP contribution < -0.4 is 0 Å². The first-order chi connectivity index (χ1) is 18.5. The van der Waals surface area contributed by atoms with E-state index in [1.165, 1.54) is 0 Å². The van der Waals surface area contributed by atoms with Crippen LogP contribution in [0.25, 0.3) is 0 Å². The van der Waals surface area contributed by atoms with E-state index in [9.17, 15) is 0 Å². The van der Waals surface area contributed by atoms with E-state index in [2.05, 4.69) is 134 Å². The molecule has 6 heteroatoms. The summed E-state index contributed by atoms with van der Waals surface area (Å²) in [5.41, 5.74) is 12.5. The van der Waals surface area contributed by atoms with E-state index in [-0.39, 0.29) is 35.8 Å². The second-order valence-electron chi connectivity index (χ2n) is 13.6. The number of allylic oxidation sites excluding steroid dienone is 16. The molecular formula is C36H58Cl2Hf2Si2. The van der Waals surface area contributed by atoms with Gasteiger partial charge < -0.3 is 0 Å². The molecule has 0 amide bonds. The van der Waals surface area contributed by atoms with E-state index >= 15 is 0 Å². The molecule has 0 aromatic rings. The zero-order chi connectivity index (χ0) is 30.4. The monoisotopic (exact) mass is 976 g/mol. The fourth-order valence-corrected chi connectivity index (χ4v) is 64.7. The smallest absolute Gasteiger partial charge is 0.147 e. The van der Waals surface area contributed by atoms with Crippen molar-refractivity contribution < 1.29 is 40.1 Å². The van der Waals surface area contributed by atoms with Crippen LogP contribution in [-0.4, -0.2) is 11.0 Å². The van der Waals surface area contributed by atoms with Crippen molar-refractivity contribution in [2.24, 2.45) is 23.7 Å². The van der Waals surface area contributed by atoms with Gasteiger partial charge in [-0.15, -0.1) is 24.8 Å². The van der Waals surface area contributed by atoms with Crippen molar-refractivity contribution in [3.05, 3.63) is 82.2 Å². The minimum atomic E-state index is -1.85. The Balaban J connectivity index is 0.000000401. The first kappa shape index (κ1) is 40.7. The number of hydrogen-bond acceptors (Lipinski definition) is 0. The van der Waals surface area contributed by atoms with Gasteiger partial charge >= 0.3 is 266 Å². The van der Waals surface area contributed by atoms with Gasteiger partial charge in [-0.2, -0.15) is 0 Å². The molecule has 4 rings (SSSR count). The second-order valence-corrected chi connectivity index (χ2v) is 60.4. The largest absolute Gasteiger partial charge is 0.147 e. The van der Waals surface area contributed by atoms with Crippen LogP contribution >= 0.6 is 24.8 Å². The van der Waals surface area contributed by atoms with Crippen LogP contribution in [0.4, 0.5) is 0 Å². The van der Waals surface area contributed by atoms with E-state index < -0.39 is 40.1 Å². The molecule has 0 aromatic carbocycles. The van der Waals surface area contributed by atoms with Crippen molar-refractivity contribution >= 4 is 35.8 Å². The Morgan fingerprint density at radius 2 is 0.571 bits per heavy atom. The molecular weight excluding hydrogens is 916 g/mol. The molecule has 4 aliphatic rings. The fraction of sp³-hybridized carbons (Fsp3) is 0.556. The molecule has 0 saturated carbocycles. The van der Waals surface area contributed by atoms with Crippen LogP contribution in [0.15, 0.2) is 82.2 Å². The van der Waals surface area contributed by atoms with Gasteiger partial charge in [-0.1, -0.05) is 0 Å². The van der Waals surface area contributed by atoms with E-state index in [0.29, 0.717) is 0 Å². The van der Waals surface area contributed by atoms with E-state index in [4.69, 9.17) is 0 Å². The van der Waals surface area contributed by atoms with Gasteiger partial charge in [0.15, 0.2) is 0 Å². The van der Waals surface area contributed by atoms with Gasteiger partial charge in [0.05, 0.1) is 0 Å². The van der Waals surface area contributed by atoms with E-state index in [0.717, 1.165) is 23.7 Å². The Kier molecular flexibility index (Phi) is 16.0. The zero-order valence-electron chi connectivity index (χ0n) is 29.4. The molecule has 0 radical (unpaired) electrons. The maximum atomic E-state index is 2.58. The Labute approximate surface area is 288 Å². The van der Waals surface area contributed by atoms with Crippen LogP contribution in [0.5, 0.6) is 0 Å². The van der Waals surface area contributed by atoms with Gasteiger partial charge in [0, 0.05) is 0 Å². The van der Waals surface area contributed by atoms with Gasteiger partial charge in [-0.3, -0.25) is 0 Å². The van der Waals surface area contributed by atoms with Crippen LogP contribution in [0.1, 0.15) is 83.1 Å². The van der Waals surface area contributed by atoms with E-state index in [1.54, 1.807) is 44.6 Å². The summed E-state index contributed by atoms with van der Waals surface area (Å²) in [5.74, 6) is 2.91. The third-order valence-electron chi connectivity index (χ3n) is 10.0. The summed E-state index contributed by atoms with van der Waals surface area (Å²) in [6.45, 7) is 38.9. The summed E-state index contributed by atoms with van der Waals surface area (Å²) in [6, 6.07) is 0. The minimum Gasteiger partial charge on any atom is -0.147 e. The summed E-state index contributed by atoms with van der Waals surface area (Å²) in [7, 11) is 0. The summed E-state index contributed by atoms with van der Waals surface area (Å²) in [4.78, 5) is 0. The van der Waals surface area contributed by atoms with E-state index in [1.807, 2.05) is 13.3 Å². The molecule has 0 aromatic heterocycles. The standard InChI is InChI=1S/4C8H11.2C2H6Si.2ClH.2Hf/c4*1-6-4-7(2)8(3)5-6;2*1-3-2;;;;/h4*4,8H,1-3H3;2*1-2H3;2*1H;;. The summed E-state index contributed by atoms with van der Waals surface area (Å²) >= 11 is -3.70. The maximum absolute atomic E-state index is 2.58. The quantitative estimate of drug-likeness (QED) is 0.246. The summed E-state index contributed by atoms with van der Waals surface area (Å²) < 4.78 is 7.71. The van der Waals surface area contributed by atoms with Crippen molar-refractivity contribution in [1.29, 1.82) is 0 Å². The SMILES string of the molecule is CC1=CC(C)=[C]([Hf]([C]2=C(C)C=C(C)C2C)=[Si](C)C)C1C.CC1=CC(C)=[C]([Hf]([C]2=C(C)C=C(C)C2C)=[Si](C)C)C1C.Cl.Cl. The predicted molar refractivity (Wildman–Crippen MR) is 192 cm³/mol. The maximum Gasteiger partial charge on any atom is -0.147 e. The van der Waals surface area contributed by atoms with Crippen molar-refractivity contribution in [2.45, 2.75) is 109 Å². The zero-order valence-corrected chi connectivity index (χ0v) is 40.3. The molecule has 0 aliphatic heterocycles. The van der Waals surface area contributed by atoms with Gasteiger partial charge in [-0.05, 0) is 0 Å². The van der Waals surface area contributed by atoms with Crippen molar-refractivity contribution in [1.82, 2.24) is 0 Å². The molecule has 4 unspecified atom stereocenters. The third kappa shape index (κ3) is 8.14. The van der Waals surface area contributed by atoms with Crippen LogP contribution in [0, 0.1) is 23.7 Å². The average molecular weight is 975 g/mol. The molecule has 0 fully saturated rings. The molecule has 232 valence electrons. The molecule has 4 atom stereocenters. The van der Waals surface area contributed by atoms with Crippen molar-refractivity contribution in [2.75, 3.05) is 0 Å². The van der Waals surface area contributed by atoms with Gasteiger partial charge in [0.1, 0.15) is 0 Å². The van der Waals surface area contributed by atoms with Crippen LogP contribution in [-0.2, 0) is 40.1 Å². The first-order valence-corrected chi connectivity index (χ1v) is 38.4. The molecule has 0 N–H and O–H groups in total. The molecule has 4 aliphatic carbocycles. The second kappa shape index (κ2) is 16.5. The first-order valence-electron chi connectivity index (χ1n) is 15.4. The Morgan fingerprint density at radius 3 is 0.667 bits per heavy atom. The van der Waals surface area contributed by atoms with Gasteiger partial charge in [0.2, 0.25) is 0 Å². The summed E-state index contributed by atoms with van der Waals surface area (Å²) in [6.07, 6.45) is 9.85. The molecule has 0 spiro atoms. The van der Waals surface area contributed by atoms with Gasteiger partial charge in [-0.25, -0.2) is 0 Å². The predicted octanol–water partition coefficient (Wildman–Crippen LogP) is 12.0. The summed E-state index contributed by atoms with van der Waals surface area (Å²) in [5, 5.41) is 0. The van der Waals surface area contributed by atoms with Crippen molar-refractivity contribution in [3.8, 4) is 0 Å². The number of halogens is 2. The molecule has 0 heterocycles. The fourth-order valence-electron chi connectivity index (χ4n) is 7.48. The minimum absolute atomic E-state index is 0. The normalized spacial score (nSPS) is 25.0. The number of hydrogen-bond donors (Lipinski definition) is 0. The Bertz CT molecular complexity index is 1240. The Hall–Kier alpha value is 0.674. The van der Waals surface area contributed by atoms with Gasteiger partial charge in [0.25, 0.3) is 0 Å². The van der Waals surface area contributed by atoms with Crippen LogP contribution in [0.3, 0.4) is 0 Å². The topological polar surface area (TPSA) is 0 Å².